The monoisotopic (exact) mass is 368 g/mol. The van der Waals surface area contributed by atoms with Gasteiger partial charge in [-0.25, -0.2) is 4.79 Å². The molecule has 2 N–H and O–H groups in total. The van der Waals surface area contributed by atoms with Gasteiger partial charge in [-0.2, -0.15) is 0 Å². The molecule has 0 bridgehead atoms. The van der Waals surface area contributed by atoms with E-state index >= 15 is 0 Å². The lowest BCUT2D eigenvalue weighted by Crippen LogP contribution is -2.41. The number of carbonyl (C=O) groups excluding carboxylic acids is 1. The summed E-state index contributed by atoms with van der Waals surface area (Å²) in [5.41, 5.74) is 0.925. The van der Waals surface area contributed by atoms with Crippen LogP contribution < -0.4 is 10.6 Å². The molecule has 0 saturated heterocycles. The van der Waals surface area contributed by atoms with E-state index in [1.807, 2.05) is 13.0 Å². The van der Waals surface area contributed by atoms with E-state index in [1.165, 1.54) is 31.3 Å². The highest BCUT2D eigenvalue weighted by atomic mass is 32.1. The second kappa shape index (κ2) is 7.83. The minimum atomic E-state index is -0.338. The molecule has 1 aliphatic rings. The molecule has 1 aromatic rings. The maximum atomic E-state index is 11.8. The van der Waals surface area contributed by atoms with Gasteiger partial charge in [0.1, 0.15) is 5.00 Å². The summed E-state index contributed by atoms with van der Waals surface area (Å²) in [4.78, 5) is 12.9. The molecule has 1 fully saturated rings. The average Bonchev–Trinajstić information content (AvgIpc) is 2.86. The van der Waals surface area contributed by atoms with Crippen LogP contribution in [-0.4, -0.2) is 24.2 Å². The average molecular weight is 369 g/mol. The van der Waals surface area contributed by atoms with Crippen molar-refractivity contribution < 1.29 is 9.53 Å². The smallest absolute Gasteiger partial charge is 0.340 e. The number of carbonyl (C=O) groups is 1. The number of aryl methyl sites for hydroxylation is 1. The van der Waals surface area contributed by atoms with E-state index in [0.717, 1.165) is 28.6 Å². The Balaban J connectivity index is 1.90. The van der Waals surface area contributed by atoms with Crippen molar-refractivity contribution in [1.29, 1.82) is 0 Å². The van der Waals surface area contributed by atoms with Crippen molar-refractivity contribution in [3.63, 3.8) is 0 Å². The van der Waals surface area contributed by atoms with Crippen LogP contribution in [0.25, 0.3) is 0 Å². The normalized spacial score (nSPS) is 21.2. The van der Waals surface area contributed by atoms with E-state index in [4.69, 9.17) is 17.0 Å². The lowest BCUT2D eigenvalue weighted by atomic mass is 9.71. The Morgan fingerprint density at radius 3 is 2.46 bits per heavy atom. The van der Waals surface area contributed by atoms with E-state index < -0.39 is 0 Å². The molecule has 134 valence electrons. The van der Waals surface area contributed by atoms with Crippen molar-refractivity contribution in [2.24, 2.45) is 11.3 Å². The number of thiocarbonyl (C=S) groups is 1. The molecule has 0 unspecified atom stereocenters. The van der Waals surface area contributed by atoms with Crippen molar-refractivity contribution in [1.82, 2.24) is 5.32 Å². The summed E-state index contributed by atoms with van der Waals surface area (Å²) >= 11 is 6.96. The third-order valence-corrected chi connectivity index (χ3v) is 5.96. The summed E-state index contributed by atoms with van der Waals surface area (Å²) < 4.78 is 4.83. The van der Waals surface area contributed by atoms with Crippen LogP contribution in [0, 0.1) is 18.3 Å². The molecular formula is C18H28N2O2S2. The lowest BCUT2D eigenvalue weighted by Gasteiger charge is -2.37. The molecule has 1 saturated carbocycles. The van der Waals surface area contributed by atoms with Gasteiger partial charge in [-0.15, -0.1) is 11.3 Å². The first-order valence-corrected chi connectivity index (χ1v) is 9.69. The summed E-state index contributed by atoms with van der Waals surface area (Å²) in [5, 5.41) is 7.92. The van der Waals surface area contributed by atoms with Gasteiger partial charge in [-0.05, 0) is 62.2 Å². The van der Waals surface area contributed by atoms with Crippen LogP contribution in [-0.2, 0) is 4.74 Å². The number of methoxy groups -OCH3 is 1. The maximum Gasteiger partial charge on any atom is 0.340 e. The van der Waals surface area contributed by atoms with Crippen molar-refractivity contribution in [3.8, 4) is 0 Å². The first kappa shape index (κ1) is 19.2. The molecule has 1 aliphatic carbocycles. The van der Waals surface area contributed by atoms with E-state index in [1.54, 1.807) is 0 Å². The molecule has 0 spiro atoms. The molecule has 0 aromatic carbocycles. The van der Waals surface area contributed by atoms with Crippen LogP contribution in [0.3, 0.4) is 0 Å². The maximum absolute atomic E-state index is 11.8. The number of rotatable bonds is 3. The summed E-state index contributed by atoms with van der Waals surface area (Å²) in [6.07, 6.45) is 4.73. The molecule has 4 nitrogen and oxygen atoms in total. The number of thiophene rings is 1. The second-order valence-corrected chi connectivity index (χ2v) is 9.27. The Hall–Kier alpha value is -1.14. The number of ether oxygens (including phenoxy) is 1. The van der Waals surface area contributed by atoms with Gasteiger partial charge in [0.15, 0.2) is 5.11 Å². The summed E-state index contributed by atoms with van der Waals surface area (Å²) in [5.74, 6) is 0.443. The largest absolute Gasteiger partial charge is 0.465 e. The first-order chi connectivity index (χ1) is 11.2. The van der Waals surface area contributed by atoms with Gasteiger partial charge in [0, 0.05) is 10.9 Å². The Morgan fingerprint density at radius 1 is 1.29 bits per heavy atom. The molecule has 0 aliphatic heterocycles. The third kappa shape index (κ3) is 4.93. The minimum Gasteiger partial charge on any atom is -0.465 e. The van der Waals surface area contributed by atoms with Gasteiger partial charge in [-0.3, -0.25) is 0 Å². The summed E-state index contributed by atoms with van der Waals surface area (Å²) in [7, 11) is 1.39. The number of hydrogen-bond acceptors (Lipinski definition) is 4. The predicted octanol–water partition coefficient (Wildman–Crippen LogP) is 4.73. The van der Waals surface area contributed by atoms with Crippen LogP contribution >= 0.6 is 23.6 Å². The molecular weight excluding hydrogens is 340 g/mol. The molecule has 0 amide bonds. The highest BCUT2D eigenvalue weighted by Gasteiger charge is 2.30. The fraction of sp³-hybridized carbons (Fsp3) is 0.667. The molecule has 0 atom stereocenters. The molecule has 6 heteroatoms. The van der Waals surface area contributed by atoms with Crippen LogP contribution in [0.4, 0.5) is 5.00 Å². The molecule has 1 heterocycles. The first-order valence-electron chi connectivity index (χ1n) is 8.47. The van der Waals surface area contributed by atoms with Gasteiger partial charge in [0.25, 0.3) is 0 Å². The van der Waals surface area contributed by atoms with Crippen molar-refractivity contribution in [3.05, 3.63) is 16.5 Å². The zero-order valence-electron chi connectivity index (χ0n) is 15.2. The second-order valence-electron chi connectivity index (χ2n) is 7.60. The van der Waals surface area contributed by atoms with Crippen molar-refractivity contribution in [2.75, 3.05) is 12.4 Å². The number of nitrogens with one attached hydrogen (secondary N) is 2. The Labute approximate surface area is 154 Å². The Kier molecular flexibility index (Phi) is 6.26. The van der Waals surface area contributed by atoms with Gasteiger partial charge < -0.3 is 15.4 Å². The highest BCUT2D eigenvalue weighted by molar-refractivity contribution is 7.80. The fourth-order valence-electron chi connectivity index (χ4n) is 3.30. The number of anilines is 1. The minimum absolute atomic E-state index is 0.338. The fourth-order valence-corrected chi connectivity index (χ4v) is 4.53. The number of esters is 1. The highest BCUT2D eigenvalue weighted by Crippen LogP contribution is 2.37. The lowest BCUT2D eigenvalue weighted by molar-refractivity contribution is 0.0602. The van der Waals surface area contributed by atoms with E-state index in [2.05, 4.69) is 31.4 Å². The van der Waals surface area contributed by atoms with Crippen LogP contribution in [0.1, 0.15) is 61.7 Å². The summed E-state index contributed by atoms with van der Waals surface area (Å²) in [6, 6.07) is 2.24. The third-order valence-electron chi connectivity index (χ3n) is 4.77. The SMILES string of the molecule is COC(=O)c1cc(C)sc1NC(=S)NC1CCC(C(C)(C)C)CC1. The quantitative estimate of drug-likeness (QED) is 0.596. The zero-order valence-corrected chi connectivity index (χ0v) is 16.8. The van der Waals surface area contributed by atoms with E-state index in [0.29, 0.717) is 22.1 Å². The number of hydrogen-bond donors (Lipinski definition) is 2. The van der Waals surface area contributed by atoms with Gasteiger partial charge in [0.05, 0.1) is 12.7 Å². The summed E-state index contributed by atoms with van der Waals surface area (Å²) in [6.45, 7) is 8.94. The van der Waals surface area contributed by atoms with Gasteiger partial charge >= 0.3 is 5.97 Å². The predicted molar refractivity (Wildman–Crippen MR) is 105 cm³/mol. The van der Waals surface area contributed by atoms with E-state index in [-0.39, 0.29) is 5.97 Å². The van der Waals surface area contributed by atoms with Crippen LogP contribution in [0.5, 0.6) is 0 Å². The molecule has 2 rings (SSSR count). The van der Waals surface area contributed by atoms with Gasteiger partial charge in [-0.1, -0.05) is 20.8 Å². The van der Waals surface area contributed by atoms with E-state index in [9.17, 15) is 4.79 Å². The molecule has 0 radical (unpaired) electrons. The standard InChI is InChI=1S/C18H28N2O2S2/c1-11-10-14(16(21)22-5)15(24-11)20-17(23)19-13-8-6-12(7-9-13)18(2,3)4/h10,12-13H,6-9H2,1-5H3,(H2,19,20,23). The Morgan fingerprint density at radius 2 is 1.92 bits per heavy atom. The molecule has 24 heavy (non-hydrogen) atoms. The zero-order chi connectivity index (χ0) is 17.9. The van der Waals surface area contributed by atoms with Crippen LogP contribution in [0.2, 0.25) is 0 Å². The van der Waals surface area contributed by atoms with Crippen molar-refractivity contribution >= 4 is 39.6 Å². The van der Waals surface area contributed by atoms with Crippen molar-refractivity contribution in [2.45, 2.75) is 59.4 Å². The van der Waals surface area contributed by atoms with Crippen LogP contribution in [0.15, 0.2) is 6.07 Å². The topological polar surface area (TPSA) is 50.4 Å². The van der Waals surface area contributed by atoms with Gasteiger partial charge in [0.2, 0.25) is 0 Å². The Bertz CT molecular complexity index is 597. The molecule has 1 aromatic heterocycles.